The fourth-order valence-corrected chi connectivity index (χ4v) is 2.56. The van der Waals surface area contributed by atoms with E-state index in [0.717, 1.165) is 18.4 Å². The summed E-state index contributed by atoms with van der Waals surface area (Å²) in [7, 11) is 0. The Morgan fingerprint density at radius 1 is 1.21 bits per heavy atom. The lowest BCUT2D eigenvalue weighted by Crippen LogP contribution is -2.37. The third-order valence-corrected chi connectivity index (χ3v) is 3.50. The molecule has 0 heterocycles. The molecule has 0 atom stereocenters. The van der Waals surface area contributed by atoms with Crippen LogP contribution in [0.2, 0.25) is 0 Å². The molecule has 2 rings (SSSR count). The van der Waals surface area contributed by atoms with Crippen molar-refractivity contribution in [3.05, 3.63) is 0 Å². The van der Waals surface area contributed by atoms with E-state index in [1.165, 1.54) is 44.9 Å². The topological polar surface area (TPSA) is 27.1 Å². The highest BCUT2D eigenvalue weighted by molar-refractivity contribution is 5.82. The van der Waals surface area contributed by atoms with Crippen molar-refractivity contribution in [3.63, 3.8) is 0 Å². The monoisotopic (exact) mass is 194 g/mol. The van der Waals surface area contributed by atoms with E-state index in [0.29, 0.717) is 5.92 Å². The van der Waals surface area contributed by atoms with Gasteiger partial charge in [-0.25, -0.2) is 0 Å². The zero-order chi connectivity index (χ0) is 9.97. The third kappa shape index (κ3) is 2.10. The molecule has 0 aromatic heterocycles. The second-order valence-corrected chi connectivity index (χ2v) is 4.79. The van der Waals surface area contributed by atoms with Gasteiger partial charge in [-0.05, 0) is 32.1 Å². The Balaban J connectivity index is 1.91. The van der Waals surface area contributed by atoms with Crippen LogP contribution in [0, 0.1) is 11.3 Å². The molecule has 0 bridgehead atoms. The van der Waals surface area contributed by atoms with Crippen LogP contribution < -0.4 is 0 Å². The molecule has 0 spiro atoms. The zero-order valence-electron chi connectivity index (χ0n) is 9.26. The highest BCUT2D eigenvalue weighted by Crippen LogP contribution is 2.32. The molecular weight excluding hydrogens is 172 g/mol. The quantitative estimate of drug-likeness (QED) is 0.540. The third-order valence-electron chi connectivity index (χ3n) is 3.50. The van der Waals surface area contributed by atoms with Gasteiger partial charge in [0.1, 0.15) is 0 Å². The molecule has 1 N–H and O–H groups in total. The van der Waals surface area contributed by atoms with E-state index in [1.807, 2.05) is 0 Å². The van der Waals surface area contributed by atoms with Crippen LogP contribution in [0.4, 0.5) is 0 Å². The summed E-state index contributed by atoms with van der Waals surface area (Å²) in [5.41, 5.74) is 0. The summed E-state index contributed by atoms with van der Waals surface area (Å²) in [5.74, 6) is 1.56. The van der Waals surface area contributed by atoms with Crippen molar-refractivity contribution in [2.45, 2.75) is 57.9 Å². The van der Waals surface area contributed by atoms with Crippen molar-refractivity contribution >= 4 is 5.84 Å². The maximum absolute atomic E-state index is 8.24. The van der Waals surface area contributed by atoms with E-state index in [9.17, 15) is 0 Å². The fraction of sp³-hybridized carbons (Fsp3) is 0.917. The highest BCUT2D eigenvalue weighted by atomic mass is 15.2. The highest BCUT2D eigenvalue weighted by Gasteiger charge is 2.33. The molecule has 80 valence electrons. The maximum Gasteiger partial charge on any atom is 0.0991 e. The molecule has 2 aliphatic rings. The van der Waals surface area contributed by atoms with E-state index in [1.54, 1.807) is 0 Å². The average molecular weight is 194 g/mol. The molecule has 0 aromatic carbocycles. The van der Waals surface area contributed by atoms with Crippen LogP contribution >= 0.6 is 0 Å². The standard InChI is InChI=1S/C12H22N2/c1-2-9-14(11-7-8-11)12(13)10-5-3-4-6-10/h10-11,13H,2-9H2,1H3. The molecule has 0 unspecified atom stereocenters. The average Bonchev–Trinajstić information content (AvgIpc) is 2.88. The smallest absolute Gasteiger partial charge is 0.0991 e. The number of rotatable bonds is 4. The Morgan fingerprint density at radius 3 is 2.36 bits per heavy atom. The maximum atomic E-state index is 8.24. The van der Waals surface area contributed by atoms with Crippen molar-refractivity contribution < 1.29 is 0 Å². The molecule has 2 saturated carbocycles. The van der Waals surface area contributed by atoms with E-state index in [-0.39, 0.29) is 0 Å². The minimum absolute atomic E-state index is 0.599. The SMILES string of the molecule is CCCN(C(=N)C1CCCC1)C1CC1. The van der Waals surface area contributed by atoms with Gasteiger partial charge in [-0.1, -0.05) is 19.8 Å². The van der Waals surface area contributed by atoms with E-state index >= 15 is 0 Å². The first-order valence-electron chi connectivity index (χ1n) is 6.18. The largest absolute Gasteiger partial charge is 0.357 e. The number of amidine groups is 1. The lowest BCUT2D eigenvalue weighted by molar-refractivity contribution is 0.379. The zero-order valence-corrected chi connectivity index (χ0v) is 9.26. The van der Waals surface area contributed by atoms with Crippen LogP contribution in [0.3, 0.4) is 0 Å². The van der Waals surface area contributed by atoms with Crippen molar-refractivity contribution in [1.29, 1.82) is 5.41 Å². The second kappa shape index (κ2) is 4.33. The first kappa shape index (κ1) is 10.0. The van der Waals surface area contributed by atoms with E-state index < -0.39 is 0 Å². The van der Waals surface area contributed by atoms with Crippen LogP contribution in [0.25, 0.3) is 0 Å². The Labute approximate surface area is 87.2 Å². The van der Waals surface area contributed by atoms with Gasteiger partial charge in [-0.2, -0.15) is 0 Å². The number of hydrogen-bond donors (Lipinski definition) is 1. The van der Waals surface area contributed by atoms with Crippen LogP contribution in [-0.4, -0.2) is 23.3 Å². The predicted molar refractivity (Wildman–Crippen MR) is 59.7 cm³/mol. The van der Waals surface area contributed by atoms with Gasteiger partial charge in [0.2, 0.25) is 0 Å². The molecule has 2 nitrogen and oxygen atoms in total. The van der Waals surface area contributed by atoms with Gasteiger partial charge < -0.3 is 4.90 Å². The molecule has 2 heteroatoms. The summed E-state index contributed by atoms with van der Waals surface area (Å²) >= 11 is 0. The summed E-state index contributed by atoms with van der Waals surface area (Å²) in [5, 5.41) is 8.24. The van der Waals surface area contributed by atoms with Gasteiger partial charge >= 0.3 is 0 Å². The number of nitrogens with zero attached hydrogens (tertiary/aromatic N) is 1. The Morgan fingerprint density at radius 2 is 1.86 bits per heavy atom. The summed E-state index contributed by atoms with van der Waals surface area (Å²) in [6, 6.07) is 0.739. The summed E-state index contributed by atoms with van der Waals surface area (Å²) in [6.07, 6.45) is 9.07. The summed E-state index contributed by atoms with van der Waals surface area (Å²) in [4.78, 5) is 2.38. The van der Waals surface area contributed by atoms with Gasteiger partial charge in [0.15, 0.2) is 0 Å². The first-order chi connectivity index (χ1) is 6.83. The van der Waals surface area contributed by atoms with Crippen molar-refractivity contribution in [2.24, 2.45) is 5.92 Å². The normalized spacial score (nSPS) is 22.6. The predicted octanol–water partition coefficient (Wildman–Crippen LogP) is 3.03. The number of nitrogens with one attached hydrogen (secondary N) is 1. The molecule has 2 aliphatic carbocycles. The van der Waals surface area contributed by atoms with Crippen molar-refractivity contribution in [1.82, 2.24) is 4.90 Å². The fourth-order valence-electron chi connectivity index (χ4n) is 2.56. The molecule has 0 radical (unpaired) electrons. The van der Waals surface area contributed by atoms with Gasteiger partial charge in [0.05, 0.1) is 5.84 Å². The molecular formula is C12H22N2. The Bertz CT molecular complexity index is 202. The van der Waals surface area contributed by atoms with Crippen molar-refractivity contribution in [3.8, 4) is 0 Å². The van der Waals surface area contributed by atoms with E-state index in [2.05, 4.69) is 11.8 Å². The minimum Gasteiger partial charge on any atom is -0.357 e. The van der Waals surface area contributed by atoms with Crippen molar-refractivity contribution in [2.75, 3.05) is 6.54 Å². The second-order valence-electron chi connectivity index (χ2n) is 4.79. The minimum atomic E-state index is 0.599. The summed E-state index contributed by atoms with van der Waals surface area (Å²) in [6.45, 7) is 3.33. The lowest BCUT2D eigenvalue weighted by atomic mass is 10.1. The van der Waals surface area contributed by atoms with Crippen LogP contribution in [0.5, 0.6) is 0 Å². The van der Waals surface area contributed by atoms with Gasteiger partial charge in [-0.3, -0.25) is 5.41 Å². The molecule has 0 amide bonds. The van der Waals surface area contributed by atoms with Gasteiger partial charge in [-0.15, -0.1) is 0 Å². The van der Waals surface area contributed by atoms with Gasteiger partial charge in [0.25, 0.3) is 0 Å². The molecule has 2 fully saturated rings. The first-order valence-corrected chi connectivity index (χ1v) is 6.18. The van der Waals surface area contributed by atoms with Crippen LogP contribution in [0.15, 0.2) is 0 Å². The van der Waals surface area contributed by atoms with Crippen LogP contribution in [0.1, 0.15) is 51.9 Å². The molecule has 0 aliphatic heterocycles. The van der Waals surface area contributed by atoms with Crippen LogP contribution in [-0.2, 0) is 0 Å². The lowest BCUT2D eigenvalue weighted by Gasteiger charge is -2.28. The Kier molecular flexibility index (Phi) is 3.09. The molecule has 0 aromatic rings. The van der Waals surface area contributed by atoms with E-state index in [4.69, 9.17) is 5.41 Å². The number of hydrogen-bond acceptors (Lipinski definition) is 1. The summed E-state index contributed by atoms with van der Waals surface area (Å²) < 4.78 is 0. The Hall–Kier alpha value is -0.530. The molecule has 14 heavy (non-hydrogen) atoms. The van der Waals surface area contributed by atoms with Gasteiger partial charge in [0, 0.05) is 18.5 Å². The molecule has 0 saturated heterocycles.